The van der Waals surface area contributed by atoms with Crippen LogP contribution in [0.25, 0.3) is 82.5 Å². The largest absolute Gasteiger partial charge is 0.456 e. The molecule has 0 unspecified atom stereocenters. The second-order valence-electron chi connectivity index (χ2n) is 16.1. The van der Waals surface area contributed by atoms with Crippen LogP contribution in [0, 0.1) is 0 Å². The number of benzene rings is 9. The molecule has 0 amide bonds. The summed E-state index contributed by atoms with van der Waals surface area (Å²) in [6, 6.07) is 70.7. The van der Waals surface area contributed by atoms with Gasteiger partial charge in [-0.1, -0.05) is 147 Å². The molecule has 3 nitrogen and oxygen atoms in total. The Bertz CT molecular complexity index is 3400. The molecule has 12 rings (SSSR count). The van der Waals surface area contributed by atoms with Crippen LogP contribution < -0.4 is 4.90 Å². The second-order valence-corrected chi connectivity index (χ2v) is 16.1. The molecule has 9 aromatic carbocycles. The molecule has 11 aromatic rings. The number of para-hydroxylation sites is 3. The number of furan rings is 1. The molecule has 0 N–H and O–H groups in total. The van der Waals surface area contributed by atoms with Crippen LogP contribution in [-0.2, 0) is 5.41 Å². The van der Waals surface area contributed by atoms with Gasteiger partial charge in [-0.2, -0.15) is 0 Å². The first kappa shape index (κ1) is 32.8. The zero-order valence-electron chi connectivity index (χ0n) is 32.3. The number of nitrogens with zero attached hydrogens (tertiary/aromatic N) is 2. The maximum atomic E-state index is 6.63. The van der Waals surface area contributed by atoms with Crippen molar-refractivity contribution in [3.63, 3.8) is 0 Å². The van der Waals surface area contributed by atoms with Gasteiger partial charge in [0, 0.05) is 49.5 Å². The van der Waals surface area contributed by atoms with Gasteiger partial charge in [-0.3, -0.25) is 0 Å². The van der Waals surface area contributed by atoms with Crippen molar-refractivity contribution in [2.24, 2.45) is 0 Å². The lowest BCUT2D eigenvalue weighted by atomic mass is 9.82. The minimum absolute atomic E-state index is 0.151. The van der Waals surface area contributed by atoms with Crippen LogP contribution in [0.5, 0.6) is 0 Å². The number of fused-ring (bicyclic) bond motifs is 10. The Balaban J connectivity index is 1.15. The molecule has 1 aliphatic rings. The number of hydrogen-bond acceptors (Lipinski definition) is 2. The van der Waals surface area contributed by atoms with Gasteiger partial charge < -0.3 is 13.9 Å². The normalized spacial score (nSPS) is 13.1. The van der Waals surface area contributed by atoms with Gasteiger partial charge in [0.05, 0.1) is 22.4 Å². The van der Waals surface area contributed by atoms with E-state index in [1.165, 1.54) is 54.8 Å². The van der Waals surface area contributed by atoms with Crippen molar-refractivity contribution in [3.05, 3.63) is 205 Å². The van der Waals surface area contributed by atoms with Crippen molar-refractivity contribution in [2.45, 2.75) is 19.3 Å². The topological polar surface area (TPSA) is 21.3 Å². The van der Waals surface area contributed by atoms with Gasteiger partial charge in [0.15, 0.2) is 0 Å². The fourth-order valence-electron chi connectivity index (χ4n) is 9.93. The summed E-state index contributed by atoms with van der Waals surface area (Å²) in [4.78, 5) is 2.50. The Morgan fingerprint density at radius 3 is 1.86 bits per heavy atom. The fourth-order valence-corrected chi connectivity index (χ4v) is 9.93. The van der Waals surface area contributed by atoms with E-state index in [-0.39, 0.29) is 5.41 Å². The fraction of sp³-hybridized carbons (Fsp3) is 0.0545. The van der Waals surface area contributed by atoms with E-state index in [9.17, 15) is 0 Å². The Labute approximate surface area is 336 Å². The molecule has 0 saturated carbocycles. The van der Waals surface area contributed by atoms with E-state index in [2.05, 4.69) is 217 Å². The maximum absolute atomic E-state index is 6.63. The molecule has 0 atom stereocenters. The van der Waals surface area contributed by atoms with Crippen LogP contribution in [0.15, 0.2) is 199 Å². The first-order valence-electron chi connectivity index (χ1n) is 20.1. The standard InChI is InChI=1S/C55H38N2O/c1-55(2)45-25-9-5-23-43(45)54-46(55)26-15-30-50(54)57(38-19-13-18-37(34-38)56-47-27-10-6-20-39(47)40-21-7-11-28-48(40)56)49-29-12-8-22-41(49)42-24-14-31-51-53(42)44-32-35-16-3-4-17-36(35)33-52(44)58-51/h3-34H,1-2H3. The van der Waals surface area contributed by atoms with Crippen LogP contribution in [-0.4, -0.2) is 4.57 Å². The van der Waals surface area contributed by atoms with E-state index in [4.69, 9.17) is 4.42 Å². The molecule has 2 heterocycles. The van der Waals surface area contributed by atoms with Gasteiger partial charge in [-0.15, -0.1) is 0 Å². The van der Waals surface area contributed by atoms with Gasteiger partial charge in [0.1, 0.15) is 11.2 Å². The lowest BCUT2D eigenvalue weighted by Gasteiger charge is -2.31. The van der Waals surface area contributed by atoms with Crippen molar-refractivity contribution in [1.82, 2.24) is 4.57 Å². The van der Waals surface area contributed by atoms with Gasteiger partial charge in [-0.25, -0.2) is 0 Å². The number of rotatable bonds is 5. The highest BCUT2D eigenvalue weighted by atomic mass is 16.3. The molecule has 1 aliphatic carbocycles. The van der Waals surface area contributed by atoms with Crippen molar-refractivity contribution in [2.75, 3.05) is 4.90 Å². The van der Waals surface area contributed by atoms with Crippen LogP contribution in [0.1, 0.15) is 25.0 Å². The minimum atomic E-state index is -0.151. The first-order valence-corrected chi connectivity index (χ1v) is 20.1. The van der Waals surface area contributed by atoms with E-state index in [1.54, 1.807) is 0 Å². The molecule has 58 heavy (non-hydrogen) atoms. The van der Waals surface area contributed by atoms with Crippen molar-refractivity contribution in [1.29, 1.82) is 0 Å². The molecule has 2 aromatic heterocycles. The lowest BCUT2D eigenvalue weighted by molar-refractivity contribution is 0.660. The number of anilines is 3. The zero-order chi connectivity index (χ0) is 38.5. The molecule has 0 aliphatic heterocycles. The Morgan fingerprint density at radius 1 is 0.448 bits per heavy atom. The third-order valence-electron chi connectivity index (χ3n) is 12.6. The third-order valence-corrected chi connectivity index (χ3v) is 12.6. The monoisotopic (exact) mass is 742 g/mol. The van der Waals surface area contributed by atoms with Gasteiger partial charge in [-0.05, 0) is 93.7 Å². The molecule has 3 heteroatoms. The number of hydrogen-bond donors (Lipinski definition) is 0. The van der Waals surface area contributed by atoms with E-state index >= 15 is 0 Å². The van der Waals surface area contributed by atoms with Crippen molar-refractivity contribution in [3.8, 4) is 27.9 Å². The van der Waals surface area contributed by atoms with Gasteiger partial charge in [0.25, 0.3) is 0 Å². The molecule has 0 saturated heterocycles. The Hall–Kier alpha value is -7.36. The summed E-state index contributed by atoms with van der Waals surface area (Å²) < 4.78 is 9.04. The highest BCUT2D eigenvalue weighted by Gasteiger charge is 2.38. The summed E-state index contributed by atoms with van der Waals surface area (Å²) in [7, 11) is 0. The molecule has 0 fully saturated rings. The maximum Gasteiger partial charge on any atom is 0.136 e. The lowest BCUT2D eigenvalue weighted by Crippen LogP contribution is -2.16. The predicted molar refractivity (Wildman–Crippen MR) is 243 cm³/mol. The quantitative estimate of drug-likeness (QED) is 0.175. The van der Waals surface area contributed by atoms with E-state index < -0.39 is 0 Å². The first-order chi connectivity index (χ1) is 28.5. The molecule has 0 radical (unpaired) electrons. The summed E-state index contributed by atoms with van der Waals surface area (Å²) in [5, 5.41) is 7.11. The molecular weight excluding hydrogens is 705 g/mol. The number of aromatic nitrogens is 1. The highest BCUT2D eigenvalue weighted by molar-refractivity contribution is 6.17. The SMILES string of the molecule is CC1(C)c2ccccc2-c2c(N(c3cccc(-n4c5ccccc5c5ccccc54)c3)c3ccccc3-c3cccc4oc5cc6ccccc6cc5c34)cccc21. The van der Waals surface area contributed by atoms with Crippen LogP contribution in [0.3, 0.4) is 0 Å². The Kier molecular flexibility index (Phi) is 6.98. The third kappa shape index (κ3) is 4.68. The van der Waals surface area contributed by atoms with E-state index in [1.807, 2.05) is 0 Å². The van der Waals surface area contributed by atoms with Crippen LogP contribution in [0.4, 0.5) is 17.1 Å². The van der Waals surface area contributed by atoms with Crippen LogP contribution >= 0.6 is 0 Å². The van der Waals surface area contributed by atoms with Crippen molar-refractivity contribution >= 4 is 71.6 Å². The van der Waals surface area contributed by atoms with E-state index in [0.29, 0.717) is 0 Å². The van der Waals surface area contributed by atoms with Crippen LogP contribution in [0.2, 0.25) is 0 Å². The highest BCUT2D eigenvalue weighted by Crippen LogP contribution is 2.55. The van der Waals surface area contributed by atoms with Gasteiger partial charge >= 0.3 is 0 Å². The second kappa shape index (κ2) is 12.3. The summed E-state index contributed by atoms with van der Waals surface area (Å²) >= 11 is 0. The van der Waals surface area contributed by atoms with Crippen molar-refractivity contribution < 1.29 is 4.42 Å². The summed E-state index contributed by atoms with van der Waals surface area (Å²) in [5.74, 6) is 0. The Morgan fingerprint density at radius 2 is 1.05 bits per heavy atom. The molecule has 0 spiro atoms. The summed E-state index contributed by atoms with van der Waals surface area (Å²) in [6.07, 6.45) is 0. The average molecular weight is 743 g/mol. The zero-order valence-corrected chi connectivity index (χ0v) is 32.3. The molecule has 274 valence electrons. The smallest absolute Gasteiger partial charge is 0.136 e. The molecular formula is C55H38N2O. The van der Waals surface area contributed by atoms with E-state index in [0.717, 1.165) is 55.8 Å². The summed E-state index contributed by atoms with van der Waals surface area (Å²) in [5.41, 5.74) is 16.0. The molecule has 0 bridgehead atoms. The minimum Gasteiger partial charge on any atom is -0.456 e. The predicted octanol–water partition coefficient (Wildman–Crippen LogP) is 15.3. The average Bonchev–Trinajstić information content (AvgIpc) is 3.88. The summed E-state index contributed by atoms with van der Waals surface area (Å²) in [6.45, 7) is 4.72. The van der Waals surface area contributed by atoms with Gasteiger partial charge in [0.2, 0.25) is 0 Å².